The lowest BCUT2D eigenvalue weighted by molar-refractivity contribution is -0.135. The third-order valence-electron chi connectivity index (χ3n) is 2.99. The highest BCUT2D eigenvalue weighted by atomic mass is 127. The van der Waals surface area contributed by atoms with Crippen molar-refractivity contribution in [3.63, 3.8) is 0 Å². The molecule has 0 unspecified atom stereocenters. The van der Waals surface area contributed by atoms with E-state index in [1.165, 1.54) is 7.11 Å². The SMILES string of the molecule is COc1ccc2c(C#N)nc(C(=O)NCC(=O)O)c(O)c2c1I. The number of nitrogens with zero attached hydrogens (tertiary/aromatic N) is 2. The van der Waals surface area contributed by atoms with E-state index >= 15 is 0 Å². The van der Waals surface area contributed by atoms with Gasteiger partial charge in [0.25, 0.3) is 5.91 Å². The van der Waals surface area contributed by atoms with Gasteiger partial charge in [-0.15, -0.1) is 0 Å². The van der Waals surface area contributed by atoms with Crippen molar-refractivity contribution < 1.29 is 24.5 Å². The lowest BCUT2D eigenvalue weighted by Gasteiger charge is -2.12. The monoisotopic (exact) mass is 427 g/mol. The summed E-state index contributed by atoms with van der Waals surface area (Å²) in [5.74, 6) is -2.11. The topological polar surface area (TPSA) is 133 Å². The van der Waals surface area contributed by atoms with Gasteiger partial charge in [0.15, 0.2) is 11.4 Å². The number of aromatic nitrogens is 1. The number of aliphatic carboxylic acids is 1. The average Bonchev–Trinajstić information content (AvgIpc) is 2.53. The number of benzene rings is 1. The van der Waals surface area contributed by atoms with E-state index in [0.29, 0.717) is 14.7 Å². The minimum absolute atomic E-state index is 0.0566. The van der Waals surface area contributed by atoms with Crippen molar-refractivity contribution in [3.05, 3.63) is 27.1 Å². The molecule has 0 saturated carbocycles. The molecule has 8 nitrogen and oxygen atoms in total. The predicted octanol–water partition coefficient (Wildman–Crippen LogP) is 1.24. The first-order valence-corrected chi connectivity index (χ1v) is 7.27. The predicted molar refractivity (Wildman–Crippen MR) is 87.4 cm³/mol. The first-order valence-electron chi connectivity index (χ1n) is 6.20. The van der Waals surface area contributed by atoms with E-state index < -0.39 is 29.9 Å². The number of carboxylic acid groups (broad SMARTS) is 1. The number of carbonyl (C=O) groups is 2. The van der Waals surface area contributed by atoms with Crippen molar-refractivity contribution in [3.8, 4) is 17.6 Å². The fraction of sp³-hybridized carbons (Fsp3) is 0.143. The highest BCUT2D eigenvalue weighted by Crippen LogP contribution is 2.37. The first kappa shape index (κ1) is 16.8. The molecule has 2 rings (SSSR count). The van der Waals surface area contributed by atoms with Crippen LogP contribution in [0.25, 0.3) is 10.8 Å². The Kier molecular flexibility index (Phi) is 4.85. The van der Waals surface area contributed by atoms with Gasteiger partial charge in [-0.1, -0.05) is 0 Å². The van der Waals surface area contributed by atoms with Crippen LogP contribution >= 0.6 is 22.6 Å². The van der Waals surface area contributed by atoms with Crippen LogP contribution < -0.4 is 10.1 Å². The Labute approximate surface area is 143 Å². The second-order valence-electron chi connectivity index (χ2n) is 4.35. The van der Waals surface area contributed by atoms with Gasteiger partial charge in [0.2, 0.25) is 0 Å². The summed E-state index contributed by atoms with van der Waals surface area (Å²) >= 11 is 1.92. The Balaban J connectivity index is 2.70. The molecule has 0 aliphatic rings. The van der Waals surface area contributed by atoms with Gasteiger partial charge in [-0.2, -0.15) is 5.26 Å². The molecule has 0 spiro atoms. The summed E-state index contributed by atoms with van der Waals surface area (Å²) in [6.07, 6.45) is 0. The van der Waals surface area contributed by atoms with E-state index in [2.05, 4.69) is 10.3 Å². The fourth-order valence-electron chi connectivity index (χ4n) is 1.97. The van der Waals surface area contributed by atoms with Crippen LogP contribution in [0.3, 0.4) is 0 Å². The molecule has 0 atom stereocenters. The Bertz CT molecular complexity index is 860. The van der Waals surface area contributed by atoms with Crippen molar-refractivity contribution in [2.75, 3.05) is 13.7 Å². The molecule has 1 amide bonds. The number of ether oxygens (including phenoxy) is 1. The van der Waals surface area contributed by atoms with E-state index in [0.717, 1.165) is 0 Å². The quantitative estimate of drug-likeness (QED) is 0.626. The van der Waals surface area contributed by atoms with Crippen LogP contribution in [0.15, 0.2) is 12.1 Å². The number of methoxy groups -OCH3 is 1. The number of pyridine rings is 1. The minimum atomic E-state index is -1.24. The molecule has 1 aromatic heterocycles. The van der Waals surface area contributed by atoms with Gasteiger partial charge in [-0.25, -0.2) is 4.98 Å². The van der Waals surface area contributed by atoms with E-state index in [9.17, 15) is 20.0 Å². The van der Waals surface area contributed by atoms with E-state index in [1.807, 2.05) is 28.7 Å². The van der Waals surface area contributed by atoms with Gasteiger partial charge < -0.3 is 20.3 Å². The lowest BCUT2D eigenvalue weighted by atomic mass is 10.1. The third kappa shape index (κ3) is 3.11. The maximum absolute atomic E-state index is 12.0. The molecule has 3 N–H and O–H groups in total. The Hall–Kier alpha value is -2.61. The number of amides is 1. The summed E-state index contributed by atoms with van der Waals surface area (Å²) in [5, 5.41) is 30.9. The van der Waals surface area contributed by atoms with Gasteiger partial charge in [0.05, 0.1) is 10.7 Å². The number of hydrogen-bond donors (Lipinski definition) is 3. The highest BCUT2D eigenvalue weighted by Gasteiger charge is 2.22. The number of hydrogen-bond acceptors (Lipinski definition) is 6. The Morgan fingerprint density at radius 1 is 1.48 bits per heavy atom. The Morgan fingerprint density at radius 2 is 2.17 bits per heavy atom. The zero-order chi connectivity index (χ0) is 17.1. The standard InChI is InChI=1S/C14H10IN3O5/c1-23-8-3-2-6-7(4-16)18-12(13(21)10(6)11(8)15)14(22)17-5-9(19)20/h2-3,21H,5H2,1H3,(H,17,22)(H,19,20). The second kappa shape index (κ2) is 6.66. The molecule has 0 fully saturated rings. The second-order valence-corrected chi connectivity index (χ2v) is 5.43. The lowest BCUT2D eigenvalue weighted by Crippen LogP contribution is -2.30. The number of halogens is 1. The number of fused-ring (bicyclic) bond motifs is 1. The third-order valence-corrected chi connectivity index (χ3v) is 4.06. The van der Waals surface area contributed by atoms with E-state index in [-0.39, 0.29) is 11.1 Å². The molecule has 118 valence electrons. The highest BCUT2D eigenvalue weighted by molar-refractivity contribution is 14.1. The van der Waals surface area contributed by atoms with Gasteiger partial charge in [0, 0.05) is 10.8 Å². The molecule has 23 heavy (non-hydrogen) atoms. The van der Waals surface area contributed by atoms with Crippen LogP contribution in [0.4, 0.5) is 0 Å². The average molecular weight is 427 g/mol. The normalized spacial score (nSPS) is 10.1. The summed E-state index contributed by atoms with van der Waals surface area (Å²) < 4.78 is 5.67. The Morgan fingerprint density at radius 3 is 2.74 bits per heavy atom. The van der Waals surface area contributed by atoms with Crippen molar-refractivity contribution in [1.29, 1.82) is 5.26 Å². The largest absolute Gasteiger partial charge is 0.505 e. The summed E-state index contributed by atoms with van der Waals surface area (Å²) in [7, 11) is 1.45. The maximum atomic E-state index is 12.0. The molecule has 0 saturated heterocycles. The molecule has 9 heteroatoms. The van der Waals surface area contributed by atoms with Crippen molar-refractivity contribution in [2.45, 2.75) is 0 Å². The fourth-order valence-corrected chi connectivity index (χ4v) is 2.92. The molecule has 0 aliphatic carbocycles. The number of nitriles is 1. The maximum Gasteiger partial charge on any atom is 0.322 e. The number of aromatic hydroxyl groups is 1. The molecule has 0 bridgehead atoms. The van der Waals surface area contributed by atoms with Gasteiger partial charge in [-0.05, 0) is 34.7 Å². The van der Waals surface area contributed by atoms with Crippen LogP contribution in [0.2, 0.25) is 0 Å². The van der Waals surface area contributed by atoms with Crippen molar-refractivity contribution in [1.82, 2.24) is 10.3 Å². The van der Waals surface area contributed by atoms with Crippen LogP contribution in [0.5, 0.6) is 11.5 Å². The summed E-state index contributed by atoms with van der Waals surface area (Å²) in [5.41, 5.74) is -0.472. The van der Waals surface area contributed by atoms with Crippen LogP contribution in [-0.2, 0) is 4.79 Å². The summed E-state index contributed by atoms with van der Waals surface area (Å²) in [6, 6.07) is 5.04. The molecule has 0 radical (unpaired) electrons. The smallest absolute Gasteiger partial charge is 0.322 e. The summed E-state index contributed by atoms with van der Waals surface area (Å²) in [4.78, 5) is 26.4. The van der Waals surface area contributed by atoms with Crippen LogP contribution in [-0.4, -0.2) is 40.7 Å². The van der Waals surface area contributed by atoms with Gasteiger partial charge >= 0.3 is 5.97 Å². The van der Waals surface area contributed by atoms with E-state index in [4.69, 9.17) is 9.84 Å². The number of carboxylic acids is 1. The molecule has 1 heterocycles. The molecule has 1 aromatic carbocycles. The molecule has 2 aromatic rings. The summed E-state index contributed by atoms with van der Waals surface area (Å²) in [6.45, 7) is -0.630. The van der Waals surface area contributed by atoms with Crippen molar-refractivity contribution >= 4 is 45.2 Å². The zero-order valence-electron chi connectivity index (χ0n) is 11.8. The van der Waals surface area contributed by atoms with E-state index in [1.54, 1.807) is 12.1 Å². The van der Waals surface area contributed by atoms with Crippen molar-refractivity contribution in [2.24, 2.45) is 0 Å². The van der Waals surface area contributed by atoms with Gasteiger partial charge in [-0.3, -0.25) is 9.59 Å². The van der Waals surface area contributed by atoms with Gasteiger partial charge in [0.1, 0.15) is 24.1 Å². The molecule has 0 aliphatic heterocycles. The van der Waals surface area contributed by atoms with Crippen LogP contribution in [0, 0.1) is 14.9 Å². The molecular weight excluding hydrogens is 417 g/mol. The zero-order valence-corrected chi connectivity index (χ0v) is 13.9. The number of carbonyl (C=O) groups excluding carboxylic acids is 1. The first-order chi connectivity index (χ1) is 10.9. The number of nitrogens with one attached hydrogen (secondary N) is 1. The minimum Gasteiger partial charge on any atom is -0.505 e. The molecular formula is C14H10IN3O5. The number of rotatable bonds is 4. The van der Waals surface area contributed by atoms with Crippen LogP contribution in [0.1, 0.15) is 16.2 Å².